The van der Waals surface area contributed by atoms with Gasteiger partial charge in [0, 0.05) is 0 Å². The minimum absolute atomic E-state index is 0.0717. The number of benzene rings is 2. The van der Waals surface area contributed by atoms with E-state index in [1.807, 2.05) is 26.0 Å². The van der Waals surface area contributed by atoms with Gasteiger partial charge in [0.15, 0.2) is 11.5 Å². The third kappa shape index (κ3) is 15.8. The molecular weight excluding hydrogens is 769 g/mol. The molecule has 0 bridgehead atoms. The summed E-state index contributed by atoms with van der Waals surface area (Å²) in [6, 6.07) is 6.90. The van der Waals surface area contributed by atoms with Gasteiger partial charge < -0.3 is 40.9 Å². The van der Waals surface area contributed by atoms with Crippen molar-refractivity contribution < 1.29 is 60.0 Å². The van der Waals surface area contributed by atoms with E-state index < -0.39 is 45.5 Å². The van der Waals surface area contributed by atoms with Crippen molar-refractivity contribution in [1.82, 2.24) is 0 Å². The van der Waals surface area contributed by atoms with Crippen LogP contribution in [0.3, 0.4) is 0 Å². The van der Waals surface area contributed by atoms with Gasteiger partial charge >= 0.3 is 23.9 Å². The van der Waals surface area contributed by atoms with Crippen molar-refractivity contribution in [3.63, 3.8) is 0 Å². The van der Waals surface area contributed by atoms with Gasteiger partial charge in [-0.2, -0.15) is 0 Å². The molecule has 338 valence electrons. The number of carboxylic acid groups (broad SMARTS) is 4. The summed E-state index contributed by atoms with van der Waals surface area (Å²) in [6.45, 7) is 10.9. The molecule has 2 aliphatic rings. The Hall–Kier alpha value is -4.48. The smallest absolute Gasteiger partial charge is 0.309 e. The lowest BCUT2D eigenvalue weighted by molar-refractivity contribution is -0.148. The number of hydrogen-bond acceptors (Lipinski definition) is 8. The molecular formula is C48H74O12. The number of aryl methyl sites for hydroxylation is 4. The van der Waals surface area contributed by atoms with Gasteiger partial charge in [0.2, 0.25) is 0 Å². The van der Waals surface area contributed by atoms with Gasteiger partial charge in [0.05, 0.1) is 21.7 Å². The van der Waals surface area contributed by atoms with Crippen LogP contribution < -0.4 is 0 Å². The number of phenols is 4. The molecule has 2 fully saturated rings. The normalized spacial score (nSPS) is 14.8. The van der Waals surface area contributed by atoms with Crippen molar-refractivity contribution in [3.8, 4) is 23.0 Å². The molecule has 2 saturated carbocycles. The number of carboxylic acids is 4. The average Bonchev–Trinajstić information content (AvgIpc) is 4.13. The second kappa shape index (κ2) is 23.5. The van der Waals surface area contributed by atoms with E-state index in [9.17, 15) is 49.8 Å². The van der Waals surface area contributed by atoms with Crippen LogP contribution in [0, 0.1) is 21.7 Å². The summed E-state index contributed by atoms with van der Waals surface area (Å²) in [6.07, 6.45) is 16.2. The van der Waals surface area contributed by atoms with Crippen LogP contribution in [-0.2, 0) is 44.9 Å². The Balaban J connectivity index is 0.000000397. The SMILES string of the molecule is CC.CC(C)(CCCCCc1cc(O)c(CCCCC2(C(=O)O)CC2)cc1O)C(=O)O.CC(C)(CCCCCc1ccc(CCCCC2(C(=O)O)CC2)c(O)c1O)C(=O)O. The molecule has 0 aromatic heterocycles. The quantitative estimate of drug-likeness (QED) is 0.0251. The molecule has 60 heavy (non-hydrogen) atoms. The lowest BCUT2D eigenvalue weighted by atomic mass is 9.87. The zero-order valence-corrected chi connectivity index (χ0v) is 37.1. The molecule has 0 aliphatic heterocycles. The number of carbonyl (C=O) groups is 4. The Bertz CT molecular complexity index is 1650. The Kier molecular flexibility index (Phi) is 20.2. The molecule has 2 aromatic rings. The second-order valence-corrected chi connectivity index (χ2v) is 18.3. The molecule has 12 nitrogen and oxygen atoms in total. The van der Waals surface area contributed by atoms with Gasteiger partial charge in [-0.15, -0.1) is 0 Å². The average molecular weight is 843 g/mol. The van der Waals surface area contributed by atoms with E-state index in [0.29, 0.717) is 73.6 Å². The summed E-state index contributed by atoms with van der Waals surface area (Å²) in [5.41, 5.74) is 0.334. The molecule has 4 rings (SSSR count). The molecule has 2 aromatic carbocycles. The zero-order valence-electron chi connectivity index (χ0n) is 37.1. The van der Waals surface area contributed by atoms with Crippen LogP contribution in [-0.4, -0.2) is 64.7 Å². The first-order valence-electron chi connectivity index (χ1n) is 22.2. The summed E-state index contributed by atoms with van der Waals surface area (Å²) in [5, 5.41) is 77.8. The zero-order chi connectivity index (χ0) is 45.3. The summed E-state index contributed by atoms with van der Waals surface area (Å²) in [4.78, 5) is 44.6. The molecule has 0 atom stereocenters. The van der Waals surface area contributed by atoms with Crippen LogP contribution in [0.2, 0.25) is 0 Å². The number of aliphatic carboxylic acids is 4. The fraction of sp³-hybridized carbons (Fsp3) is 0.667. The summed E-state index contributed by atoms with van der Waals surface area (Å²) < 4.78 is 0. The minimum atomic E-state index is -0.786. The standard InChI is InChI=1S/2C23H34O6.C2H6/c1-22(2,20(26)27)12-6-3-4-8-16-10-11-17(19(25)18(16)24)9-5-7-13-23(14-15-23)21(28)29;1-22(2,20(26)27)10-6-3-4-8-16-14-19(25)17(15-18(16)24)9-5-7-11-23(12-13-23)21(28)29;1-2/h10-11,24-25H,3-9,12-15H2,1-2H3,(H,26,27)(H,28,29);14-15,24-25H,3-13H2,1-2H3,(H,26,27)(H,28,29);1-2H3. The number of aromatic hydroxyl groups is 4. The summed E-state index contributed by atoms with van der Waals surface area (Å²) >= 11 is 0. The van der Waals surface area contributed by atoms with Crippen molar-refractivity contribution >= 4 is 23.9 Å². The molecule has 0 radical (unpaired) electrons. The Morgan fingerprint density at radius 1 is 0.483 bits per heavy atom. The summed E-state index contributed by atoms with van der Waals surface area (Å²) in [5.74, 6) is -2.77. The molecule has 0 heterocycles. The fourth-order valence-electron chi connectivity index (χ4n) is 7.46. The largest absolute Gasteiger partial charge is 0.508 e. The molecule has 0 unspecified atom stereocenters. The Labute approximate surface area is 357 Å². The second-order valence-electron chi connectivity index (χ2n) is 18.3. The topological polar surface area (TPSA) is 230 Å². The Morgan fingerprint density at radius 2 is 0.783 bits per heavy atom. The molecule has 8 N–H and O–H groups in total. The lowest BCUT2D eigenvalue weighted by Crippen LogP contribution is -2.23. The van der Waals surface area contributed by atoms with E-state index in [2.05, 4.69) is 0 Å². The van der Waals surface area contributed by atoms with Crippen LogP contribution >= 0.6 is 0 Å². The molecule has 0 amide bonds. The molecule has 2 aliphatic carbocycles. The van der Waals surface area contributed by atoms with Gasteiger partial charge in [0.1, 0.15) is 11.5 Å². The third-order valence-electron chi connectivity index (χ3n) is 12.6. The number of hydrogen-bond donors (Lipinski definition) is 8. The third-order valence-corrected chi connectivity index (χ3v) is 12.6. The van der Waals surface area contributed by atoms with Crippen LogP contribution in [0.15, 0.2) is 24.3 Å². The monoisotopic (exact) mass is 843 g/mol. The van der Waals surface area contributed by atoms with E-state index in [-0.39, 0.29) is 23.0 Å². The highest BCUT2D eigenvalue weighted by Gasteiger charge is 2.50. The summed E-state index contributed by atoms with van der Waals surface area (Å²) in [7, 11) is 0. The van der Waals surface area contributed by atoms with E-state index in [0.717, 1.165) is 89.9 Å². The van der Waals surface area contributed by atoms with Gasteiger partial charge in [0.25, 0.3) is 0 Å². The first kappa shape index (κ1) is 51.7. The lowest BCUT2D eigenvalue weighted by Gasteiger charge is -2.18. The maximum atomic E-state index is 11.2. The maximum Gasteiger partial charge on any atom is 0.309 e. The van der Waals surface area contributed by atoms with Gasteiger partial charge in [-0.1, -0.05) is 64.5 Å². The fourth-order valence-corrected chi connectivity index (χ4v) is 7.46. The van der Waals surface area contributed by atoms with Crippen LogP contribution in [0.4, 0.5) is 0 Å². The van der Waals surface area contributed by atoms with Crippen LogP contribution in [0.1, 0.15) is 179 Å². The predicted molar refractivity (Wildman–Crippen MR) is 232 cm³/mol. The van der Waals surface area contributed by atoms with Gasteiger partial charge in [-0.3, -0.25) is 19.2 Å². The minimum Gasteiger partial charge on any atom is -0.508 e. The first-order valence-corrected chi connectivity index (χ1v) is 22.2. The predicted octanol–water partition coefficient (Wildman–Crippen LogP) is 10.8. The van der Waals surface area contributed by atoms with Crippen LogP contribution in [0.5, 0.6) is 23.0 Å². The molecule has 12 heteroatoms. The van der Waals surface area contributed by atoms with Crippen molar-refractivity contribution in [2.45, 2.75) is 183 Å². The highest BCUT2D eigenvalue weighted by atomic mass is 16.4. The highest BCUT2D eigenvalue weighted by Crippen LogP contribution is 2.51. The van der Waals surface area contributed by atoms with E-state index in [1.165, 1.54) is 0 Å². The van der Waals surface area contributed by atoms with Crippen molar-refractivity contribution in [2.24, 2.45) is 21.7 Å². The van der Waals surface area contributed by atoms with E-state index >= 15 is 0 Å². The highest BCUT2D eigenvalue weighted by molar-refractivity contribution is 5.78. The van der Waals surface area contributed by atoms with Crippen LogP contribution in [0.25, 0.3) is 0 Å². The van der Waals surface area contributed by atoms with Crippen molar-refractivity contribution in [2.75, 3.05) is 0 Å². The molecule has 0 saturated heterocycles. The van der Waals surface area contributed by atoms with E-state index in [4.69, 9.17) is 10.2 Å². The first-order chi connectivity index (χ1) is 28.2. The number of unbranched alkanes of at least 4 members (excludes halogenated alkanes) is 6. The van der Waals surface area contributed by atoms with Gasteiger partial charge in [-0.05, 0) is 165 Å². The number of phenolic OH excluding ortho intramolecular Hbond substituents is 4. The van der Waals surface area contributed by atoms with Gasteiger partial charge in [-0.25, -0.2) is 0 Å². The van der Waals surface area contributed by atoms with Crippen molar-refractivity contribution in [1.29, 1.82) is 0 Å². The maximum absolute atomic E-state index is 11.2. The Morgan fingerprint density at radius 3 is 1.07 bits per heavy atom. The molecule has 0 spiro atoms. The number of rotatable bonds is 26. The van der Waals surface area contributed by atoms with Crippen molar-refractivity contribution in [3.05, 3.63) is 46.5 Å². The van der Waals surface area contributed by atoms with E-state index in [1.54, 1.807) is 39.8 Å².